The van der Waals surface area contributed by atoms with Crippen LogP contribution in [0.15, 0.2) is 42.5 Å². The predicted molar refractivity (Wildman–Crippen MR) is 106 cm³/mol. The van der Waals surface area contributed by atoms with E-state index < -0.39 is 0 Å². The van der Waals surface area contributed by atoms with E-state index in [-0.39, 0.29) is 18.4 Å². The summed E-state index contributed by atoms with van der Waals surface area (Å²) in [7, 11) is 1.73. The van der Waals surface area contributed by atoms with Crippen LogP contribution in [0.4, 0.5) is 0 Å². The van der Waals surface area contributed by atoms with Gasteiger partial charge in [-0.1, -0.05) is 30.3 Å². The quantitative estimate of drug-likeness (QED) is 0.824. The van der Waals surface area contributed by atoms with Crippen LogP contribution in [0.1, 0.15) is 35.6 Å². The third-order valence-corrected chi connectivity index (χ3v) is 5.49. The second-order valence-corrected chi connectivity index (χ2v) is 7.07. The van der Waals surface area contributed by atoms with E-state index >= 15 is 0 Å². The monoisotopic (exact) mass is 374 g/mol. The second kappa shape index (κ2) is 8.30. The van der Waals surface area contributed by atoms with E-state index in [4.69, 9.17) is 15.3 Å². The van der Waals surface area contributed by atoms with Crippen LogP contribution in [0.5, 0.6) is 11.5 Å². The standard InChI is InChI=1S/C21H26N2O2.ClH/c1-24-19-13-17-9-11-25-21(17)18(14-19)12-16-8-5-10-23(22)20(16)15-6-3-2-4-7-15;/h2-4,6-7,13-14,16,20H,5,8-12,22H2,1H3;1H/t16-,20+;/m0./s1. The highest BCUT2D eigenvalue weighted by Crippen LogP contribution is 2.41. The lowest BCUT2D eigenvalue weighted by Crippen LogP contribution is -2.44. The molecule has 0 saturated carbocycles. The molecule has 0 spiro atoms. The summed E-state index contributed by atoms with van der Waals surface area (Å²) >= 11 is 0. The number of hydrazine groups is 1. The molecule has 2 aliphatic heterocycles. The molecule has 4 rings (SSSR count). The van der Waals surface area contributed by atoms with Crippen LogP contribution in [-0.4, -0.2) is 25.3 Å². The van der Waals surface area contributed by atoms with E-state index in [0.29, 0.717) is 5.92 Å². The normalized spacial score (nSPS) is 22.2. The predicted octanol–water partition coefficient (Wildman–Crippen LogP) is 3.92. The van der Waals surface area contributed by atoms with Gasteiger partial charge in [0.15, 0.2) is 0 Å². The maximum absolute atomic E-state index is 6.40. The smallest absolute Gasteiger partial charge is 0.126 e. The van der Waals surface area contributed by atoms with Crippen molar-refractivity contribution in [1.82, 2.24) is 5.01 Å². The maximum atomic E-state index is 6.40. The topological polar surface area (TPSA) is 47.7 Å². The number of fused-ring (bicyclic) bond motifs is 1. The number of benzene rings is 2. The van der Waals surface area contributed by atoms with Crippen LogP contribution >= 0.6 is 12.4 Å². The first-order chi connectivity index (χ1) is 12.3. The molecule has 2 aromatic carbocycles. The van der Waals surface area contributed by atoms with E-state index in [1.165, 1.54) is 23.1 Å². The minimum Gasteiger partial charge on any atom is -0.497 e. The summed E-state index contributed by atoms with van der Waals surface area (Å²) in [6.07, 6.45) is 4.25. The molecule has 140 valence electrons. The van der Waals surface area contributed by atoms with Crippen molar-refractivity contribution in [2.24, 2.45) is 11.8 Å². The van der Waals surface area contributed by atoms with Crippen molar-refractivity contribution < 1.29 is 9.47 Å². The van der Waals surface area contributed by atoms with Crippen molar-refractivity contribution >= 4 is 12.4 Å². The number of piperidine rings is 1. The molecule has 5 heteroatoms. The summed E-state index contributed by atoms with van der Waals surface area (Å²) in [6, 6.07) is 15.1. The number of methoxy groups -OCH3 is 1. The van der Waals surface area contributed by atoms with E-state index in [0.717, 1.165) is 43.9 Å². The average molecular weight is 375 g/mol. The lowest BCUT2D eigenvalue weighted by molar-refractivity contribution is 0.0922. The van der Waals surface area contributed by atoms with E-state index in [9.17, 15) is 0 Å². The summed E-state index contributed by atoms with van der Waals surface area (Å²) < 4.78 is 11.4. The number of halogens is 1. The minimum absolute atomic E-state index is 0. The number of rotatable bonds is 4. The fraction of sp³-hybridized carbons (Fsp3) is 0.429. The highest BCUT2D eigenvalue weighted by molar-refractivity contribution is 5.85. The zero-order chi connectivity index (χ0) is 17.2. The molecule has 4 nitrogen and oxygen atoms in total. The average Bonchev–Trinajstić information content (AvgIpc) is 3.11. The van der Waals surface area contributed by atoms with Crippen LogP contribution in [0.2, 0.25) is 0 Å². The zero-order valence-corrected chi connectivity index (χ0v) is 16.0. The van der Waals surface area contributed by atoms with Crippen LogP contribution in [0.25, 0.3) is 0 Å². The van der Waals surface area contributed by atoms with Gasteiger partial charge in [0, 0.05) is 18.5 Å². The van der Waals surface area contributed by atoms with Crippen molar-refractivity contribution in [3.8, 4) is 11.5 Å². The Morgan fingerprint density at radius 2 is 2.04 bits per heavy atom. The molecule has 0 bridgehead atoms. The van der Waals surface area contributed by atoms with Gasteiger partial charge in [-0.25, -0.2) is 5.01 Å². The van der Waals surface area contributed by atoms with E-state index in [1.807, 2.05) is 5.01 Å². The zero-order valence-electron chi connectivity index (χ0n) is 15.2. The summed E-state index contributed by atoms with van der Waals surface area (Å²) in [5, 5.41) is 2.02. The van der Waals surface area contributed by atoms with Crippen LogP contribution < -0.4 is 15.3 Å². The first-order valence-corrected chi connectivity index (χ1v) is 9.15. The molecule has 0 aromatic heterocycles. The number of nitrogens with two attached hydrogens (primary N) is 1. The summed E-state index contributed by atoms with van der Waals surface area (Å²) in [5.41, 5.74) is 3.83. The second-order valence-electron chi connectivity index (χ2n) is 7.07. The molecule has 2 atom stereocenters. The molecular formula is C21H27ClN2O2. The van der Waals surface area contributed by atoms with Crippen LogP contribution in [-0.2, 0) is 12.8 Å². The molecule has 1 fully saturated rings. The molecule has 2 N–H and O–H groups in total. The first kappa shape index (κ1) is 19.0. The third-order valence-electron chi connectivity index (χ3n) is 5.49. The van der Waals surface area contributed by atoms with Crippen molar-refractivity contribution in [3.63, 3.8) is 0 Å². The molecule has 0 radical (unpaired) electrons. The largest absolute Gasteiger partial charge is 0.497 e. The van der Waals surface area contributed by atoms with Gasteiger partial charge in [-0.3, -0.25) is 5.84 Å². The molecular weight excluding hydrogens is 348 g/mol. The highest BCUT2D eigenvalue weighted by atomic mass is 35.5. The maximum Gasteiger partial charge on any atom is 0.126 e. The number of nitrogens with zero attached hydrogens (tertiary/aromatic N) is 1. The minimum atomic E-state index is 0. The summed E-state index contributed by atoms with van der Waals surface area (Å²) in [5.74, 6) is 8.87. The fourth-order valence-corrected chi connectivity index (χ4v) is 4.34. The van der Waals surface area contributed by atoms with Gasteiger partial charge in [-0.05, 0) is 48.4 Å². The van der Waals surface area contributed by atoms with Gasteiger partial charge in [-0.2, -0.15) is 0 Å². The van der Waals surface area contributed by atoms with Gasteiger partial charge in [0.1, 0.15) is 11.5 Å². The number of hydrogen-bond acceptors (Lipinski definition) is 4. The molecule has 2 heterocycles. The molecule has 0 amide bonds. The third kappa shape index (κ3) is 3.68. The lowest BCUT2D eigenvalue weighted by atomic mass is 9.81. The Hall–Kier alpha value is -1.75. The molecule has 0 aliphatic carbocycles. The number of ether oxygens (including phenoxy) is 2. The van der Waals surface area contributed by atoms with Crippen molar-refractivity contribution in [3.05, 3.63) is 59.2 Å². The van der Waals surface area contributed by atoms with Crippen LogP contribution in [0, 0.1) is 5.92 Å². The van der Waals surface area contributed by atoms with Gasteiger partial charge < -0.3 is 9.47 Å². The van der Waals surface area contributed by atoms with Gasteiger partial charge in [-0.15, -0.1) is 12.4 Å². The van der Waals surface area contributed by atoms with Gasteiger partial charge >= 0.3 is 0 Å². The lowest BCUT2D eigenvalue weighted by Gasteiger charge is -2.39. The Balaban J connectivity index is 0.00000196. The molecule has 1 saturated heterocycles. The summed E-state index contributed by atoms with van der Waals surface area (Å²) in [4.78, 5) is 0. The Morgan fingerprint density at radius 1 is 1.23 bits per heavy atom. The van der Waals surface area contributed by atoms with Gasteiger partial charge in [0.2, 0.25) is 0 Å². The Bertz CT molecular complexity index is 738. The Labute approximate surface area is 161 Å². The molecule has 2 aliphatic rings. The highest BCUT2D eigenvalue weighted by Gasteiger charge is 2.32. The Kier molecular flexibility index (Phi) is 6.07. The van der Waals surface area contributed by atoms with Crippen molar-refractivity contribution in [2.45, 2.75) is 31.7 Å². The molecule has 0 unspecified atom stereocenters. The fourth-order valence-electron chi connectivity index (χ4n) is 4.34. The van der Waals surface area contributed by atoms with Gasteiger partial charge in [0.25, 0.3) is 0 Å². The van der Waals surface area contributed by atoms with Crippen molar-refractivity contribution in [1.29, 1.82) is 0 Å². The van der Waals surface area contributed by atoms with E-state index in [1.54, 1.807) is 7.11 Å². The number of hydrogen-bond donors (Lipinski definition) is 1. The summed E-state index contributed by atoms with van der Waals surface area (Å²) in [6.45, 7) is 1.72. The van der Waals surface area contributed by atoms with Crippen molar-refractivity contribution in [2.75, 3.05) is 20.3 Å². The first-order valence-electron chi connectivity index (χ1n) is 9.15. The SMILES string of the molecule is COc1cc2c(c(C[C@@H]3CCCN(N)[C@@H]3c3ccccc3)c1)OCC2.Cl. The Morgan fingerprint density at radius 3 is 2.81 bits per heavy atom. The van der Waals surface area contributed by atoms with Gasteiger partial charge in [0.05, 0.1) is 19.8 Å². The molecule has 2 aromatic rings. The molecule has 26 heavy (non-hydrogen) atoms. The van der Waals surface area contributed by atoms with E-state index in [2.05, 4.69) is 42.5 Å². The van der Waals surface area contributed by atoms with Crippen LogP contribution in [0.3, 0.4) is 0 Å².